The molecule has 5 heteroatoms. The van der Waals surface area contributed by atoms with Crippen LogP contribution in [-0.2, 0) is 5.11 Å². The number of halogens is 2. The Kier molecular flexibility index (Phi) is 2.23. The van der Waals surface area contributed by atoms with Gasteiger partial charge in [0.05, 0.1) is 0 Å². The number of carbonyl (C=O) groups is 1. The first kappa shape index (κ1) is 8.45. The maximum Gasteiger partial charge on any atom is 0.454 e. The van der Waals surface area contributed by atoms with Gasteiger partial charge in [-0.25, -0.2) is 18.7 Å². The largest absolute Gasteiger partial charge is 0.454 e. The van der Waals surface area contributed by atoms with Gasteiger partial charge in [-0.3, -0.25) is 5.32 Å². The molecule has 0 aliphatic carbocycles. The summed E-state index contributed by atoms with van der Waals surface area (Å²) in [4.78, 5) is 9.92. The fourth-order valence-corrected chi connectivity index (χ4v) is 0.744. The highest BCUT2D eigenvalue weighted by atomic mass is 19.1. The fourth-order valence-electron chi connectivity index (χ4n) is 0.744. The minimum atomic E-state index is -1.61. The zero-order valence-electron chi connectivity index (χ0n) is 5.80. The number of hydrogen-bond donors (Lipinski definition) is 1. The van der Waals surface area contributed by atoms with E-state index in [1.807, 2.05) is 0 Å². The van der Waals surface area contributed by atoms with Crippen molar-refractivity contribution in [2.75, 3.05) is 5.32 Å². The highest BCUT2D eigenvalue weighted by Crippen LogP contribution is 2.12. The number of benzene rings is 1. The predicted molar refractivity (Wildman–Crippen MR) is 36.1 cm³/mol. The summed E-state index contributed by atoms with van der Waals surface area (Å²) in [5, 5.41) is 11.6. The maximum atomic E-state index is 12.4. The molecule has 0 fully saturated rings. The van der Waals surface area contributed by atoms with Crippen molar-refractivity contribution in [2.24, 2.45) is 0 Å². The lowest BCUT2D eigenvalue weighted by molar-refractivity contribution is 0.185. The van der Waals surface area contributed by atoms with Gasteiger partial charge in [-0.1, -0.05) is 0 Å². The summed E-state index contributed by atoms with van der Waals surface area (Å²) < 4.78 is 24.8. The van der Waals surface area contributed by atoms with Crippen LogP contribution in [0.15, 0.2) is 18.2 Å². The van der Waals surface area contributed by atoms with E-state index in [2.05, 4.69) is 0 Å². The minimum absolute atomic E-state index is 0.187. The van der Waals surface area contributed by atoms with Crippen LogP contribution in [0, 0.1) is 11.6 Å². The number of carbonyl (C=O) groups excluding carboxylic acids is 1. The van der Waals surface area contributed by atoms with Crippen molar-refractivity contribution in [3.8, 4) is 0 Å². The average Bonchev–Trinajstić information content (AvgIpc) is 1.81. The van der Waals surface area contributed by atoms with E-state index in [9.17, 15) is 18.7 Å². The zero-order chi connectivity index (χ0) is 9.14. The highest BCUT2D eigenvalue weighted by molar-refractivity contribution is 5.82. The molecule has 0 aliphatic heterocycles. The lowest BCUT2D eigenvalue weighted by Gasteiger charge is -1.98. The van der Waals surface area contributed by atoms with Crippen molar-refractivity contribution >= 4 is 11.8 Å². The zero-order valence-corrected chi connectivity index (χ0v) is 5.80. The van der Waals surface area contributed by atoms with Crippen LogP contribution in [0.5, 0.6) is 0 Å². The molecule has 1 aromatic carbocycles. The van der Waals surface area contributed by atoms with Crippen LogP contribution >= 0.6 is 0 Å². The van der Waals surface area contributed by atoms with Crippen LogP contribution in [0.4, 0.5) is 19.3 Å². The Balaban J connectivity index is 2.93. The van der Waals surface area contributed by atoms with E-state index in [0.29, 0.717) is 6.07 Å². The Morgan fingerprint density at radius 1 is 1.17 bits per heavy atom. The van der Waals surface area contributed by atoms with Gasteiger partial charge in [0.25, 0.3) is 0 Å². The molecule has 0 aromatic heterocycles. The van der Waals surface area contributed by atoms with Gasteiger partial charge in [0.2, 0.25) is 0 Å². The van der Waals surface area contributed by atoms with E-state index in [1.165, 1.54) is 0 Å². The van der Waals surface area contributed by atoms with Crippen molar-refractivity contribution in [3.63, 3.8) is 0 Å². The van der Waals surface area contributed by atoms with E-state index in [4.69, 9.17) is 0 Å². The smallest absolute Gasteiger partial charge is 0.288 e. The molecular weight excluding hydrogens is 168 g/mol. The highest BCUT2D eigenvalue weighted by Gasteiger charge is 2.03. The van der Waals surface area contributed by atoms with E-state index < -0.39 is 17.7 Å². The van der Waals surface area contributed by atoms with Crippen molar-refractivity contribution in [3.05, 3.63) is 29.8 Å². The van der Waals surface area contributed by atoms with E-state index in [1.54, 1.807) is 5.32 Å². The molecule has 1 amide bonds. The quantitative estimate of drug-likeness (QED) is 0.691. The first-order valence-electron chi connectivity index (χ1n) is 3.02. The normalized spacial score (nSPS) is 9.50. The molecule has 0 spiro atoms. The molecule has 1 rings (SSSR count). The van der Waals surface area contributed by atoms with Crippen molar-refractivity contribution in [2.45, 2.75) is 0 Å². The second-order valence-electron chi connectivity index (χ2n) is 2.07. The summed E-state index contributed by atoms with van der Waals surface area (Å²) in [5.41, 5.74) is -0.187. The molecule has 1 aromatic rings. The Labute approximate surface area is 66.6 Å². The molecule has 0 saturated carbocycles. The number of rotatable bonds is 1. The standard InChI is InChI=1S/C7H4F2NO2/c8-4-1-5(9)3-6(2-4)10-7(11)12/h1-3,10H. The Morgan fingerprint density at radius 3 is 2.08 bits per heavy atom. The third kappa shape index (κ3) is 2.19. The van der Waals surface area contributed by atoms with Crippen LogP contribution in [0.25, 0.3) is 0 Å². The molecule has 0 bridgehead atoms. The molecule has 1 radical (unpaired) electrons. The van der Waals surface area contributed by atoms with Gasteiger partial charge in [0.1, 0.15) is 11.6 Å². The second-order valence-corrected chi connectivity index (χ2v) is 2.07. The average molecular weight is 172 g/mol. The lowest BCUT2D eigenvalue weighted by atomic mass is 10.3. The second kappa shape index (κ2) is 3.17. The number of anilines is 1. The number of hydrogen-bond acceptors (Lipinski definition) is 1. The Bertz CT molecular complexity index is 294. The van der Waals surface area contributed by atoms with Crippen molar-refractivity contribution in [1.82, 2.24) is 0 Å². The van der Waals surface area contributed by atoms with Crippen molar-refractivity contribution < 1.29 is 18.7 Å². The number of amides is 1. The number of nitrogens with one attached hydrogen (secondary N) is 1. The summed E-state index contributed by atoms with van der Waals surface area (Å²) in [7, 11) is 0. The first-order chi connectivity index (χ1) is 5.58. The van der Waals surface area contributed by atoms with Crippen LogP contribution < -0.4 is 5.32 Å². The molecule has 0 atom stereocenters. The predicted octanol–water partition coefficient (Wildman–Crippen LogP) is 1.93. The molecule has 0 aliphatic rings. The molecule has 3 nitrogen and oxygen atoms in total. The van der Waals surface area contributed by atoms with Crippen LogP contribution in [-0.4, -0.2) is 6.09 Å². The van der Waals surface area contributed by atoms with Gasteiger partial charge in [-0.15, -0.1) is 0 Å². The fraction of sp³-hybridized carbons (Fsp3) is 0. The molecule has 12 heavy (non-hydrogen) atoms. The minimum Gasteiger partial charge on any atom is -0.288 e. The van der Waals surface area contributed by atoms with E-state index in [0.717, 1.165) is 12.1 Å². The maximum absolute atomic E-state index is 12.4. The Hall–Kier alpha value is -1.65. The molecule has 0 unspecified atom stereocenters. The summed E-state index contributed by atoms with van der Waals surface area (Å²) in [6.07, 6.45) is -1.61. The molecule has 63 valence electrons. The van der Waals surface area contributed by atoms with Gasteiger partial charge in [-0.05, 0) is 12.1 Å². The summed E-state index contributed by atoms with van der Waals surface area (Å²) >= 11 is 0. The summed E-state index contributed by atoms with van der Waals surface area (Å²) in [6.45, 7) is 0. The van der Waals surface area contributed by atoms with Gasteiger partial charge in [-0.2, -0.15) is 0 Å². The van der Waals surface area contributed by atoms with Gasteiger partial charge < -0.3 is 0 Å². The Morgan fingerprint density at radius 2 is 1.67 bits per heavy atom. The molecular formula is C7H4F2NO2. The lowest BCUT2D eigenvalue weighted by Crippen LogP contribution is -2.05. The van der Waals surface area contributed by atoms with Crippen molar-refractivity contribution in [1.29, 1.82) is 0 Å². The van der Waals surface area contributed by atoms with E-state index in [-0.39, 0.29) is 5.69 Å². The summed E-state index contributed by atoms with van der Waals surface area (Å²) in [5.74, 6) is -1.70. The molecule has 1 N–H and O–H groups in total. The SMILES string of the molecule is [O]C(=O)Nc1cc(F)cc(F)c1. The van der Waals surface area contributed by atoms with Gasteiger partial charge >= 0.3 is 6.09 Å². The van der Waals surface area contributed by atoms with Crippen LogP contribution in [0.2, 0.25) is 0 Å². The monoisotopic (exact) mass is 172 g/mol. The van der Waals surface area contributed by atoms with Crippen LogP contribution in [0.3, 0.4) is 0 Å². The molecule has 0 heterocycles. The van der Waals surface area contributed by atoms with Crippen LogP contribution in [0.1, 0.15) is 0 Å². The van der Waals surface area contributed by atoms with E-state index >= 15 is 0 Å². The third-order valence-corrected chi connectivity index (χ3v) is 1.11. The topological polar surface area (TPSA) is 49.0 Å². The summed E-state index contributed by atoms with van der Waals surface area (Å²) in [6, 6.07) is 2.33. The first-order valence-corrected chi connectivity index (χ1v) is 3.02. The third-order valence-electron chi connectivity index (χ3n) is 1.11. The van der Waals surface area contributed by atoms with Gasteiger partial charge in [0, 0.05) is 11.8 Å². The molecule has 0 saturated heterocycles. The van der Waals surface area contributed by atoms with Gasteiger partial charge in [0.15, 0.2) is 0 Å².